The first-order chi connectivity index (χ1) is 14.6. The van der Waals surface area contributed by atoms with Gasteiger partial charge in [-0.25, -0.2) is 9.18 Å². The monoisotopic (exact) mass is 444 g/mol. The molecule has 2 heterocycles. The Labute approximate surface area is 176 Å². The van der Waals surface area contributed by atoms with Gasteiger partial charge in [0.15, 0.2) is 11.6 Å². The minimum absolute atomic E-state index is 0.0565. The van der Waals surface area contributed by atoms with Crippen molar-refractivity contribution >= 4 is 12.0 Å². The van der Waals surface area contributed by atoms with Gasteiger partial charge < -0.3 is 19.7 Å². The van der Waals surface area contributed by atoms with Crippen LogP contribution in [-0.4, -0.2) is 48.2 Å². The zero-order valence-corrected chi connectivity index (χ0v) is 17.0. The van der Waals surface area contributed by atoms with Crippen LogP contribution in [0.1, 0.15) is 38.2 Å². The van der Waals surface area contributed by atoms with Crippen molar-refractivity contribution in [1.82, 2.24) is 10.2 Å². The van der Waals surface area contributed by atoms with E-state index in [9.17, 15) is 27.2 Å². The molecule has 4 rings (SSSR count). The zero-order valence-electron chi connectivity index (χ0n) is 17.0. The predicted octanol–water partition coefficient (Wildman–Crippen LogP) is 3.74. The van der Waals surface area contributed by atoms with E-state index >= 15 is 0 Å². The second-order valence-corrected chi connectivity index (χ2v) is 8.72. The molecule has 1 atom stereocenters. The number of alkyl halides is 3. The lowest BCUT2D eigenvalue weighted by Crippen LogP contribution is -2.58. The Hall–Kier alpha value is -2.52. The average Bonchev–Trinajstić information content (AvgIpc) is 3.09. The molecule has 1 unspecified atom stereocenters. The van der Waals surface area contributed by atoms with Gasteiger partial charge in [0, 0.05) is 19.0 Å². The third kappa shape index (κ3) is 4.43. The first-order valence-corrected chi connectivity index (χ1v) is 10.3. The topological polar surface area (TPSA) is 67.9 Å². The number of benzene rings is 1. The van der Waals surface area contributed by atoms with Gasteiger partial charge in [-0.2, -0.15) is 13.2 Å². The Morgan fingerprint density at radius 2 is 1.97 bits per heavy atom. The minimum Gasteiger partial charge on any atom is -0.487 e. The molecule has 1 N–H and O–H groups in total. The summed E-state index contributed by atoms with van der Waals surface area (Å²) >= 11 is 0. The highest BCUT2D eigenvalue weighted by atomic mass is 19.4. The molecule has 0 radical (unpaired) electrons. The second kappa shape index (κ2) is 7.87. The number of carbonyl (C=O) groups is 2. The first-order valence-electron chi connectivity index (χ1n) is 10.3. The molecule has 1 aromatic carbocycles. The molecule has 1 aromatic rings. The van der Waals surface area contributed by atoms with Gasteiger partial charge >= 0.3 is 12.3 Å². The van der Waals surface area contributed by atoms with Crippen LogP contribution in [0.25, 0.3) is 0 Å². The smallest absolute Gasteiger partial charge is 0.416 e. The highest BCUT2D eigenvalue weighted by Crippen LogP contribution is 2.42. The molecule has 3 aliphatic rings. The van der Waals surface area contributed by atoms with E-state index in [0.717, 1.165) is 12.1 Å². The van der Waals surface area contributed by atoms with Crippen LogP contribution >= 0.6 is 0 Å². The summed E-state index contributed by atoms with van der Waals surface area (Å²) in [5.41, 5.74) is -1.46. The Kier molecular flexibility index (Phi) is 5.51. The van der Waals surface area contributed by atoms with Gasteiger partial charge in [0.2, 0.25) is 5.91 Å². The number of likely N-dealkylation sites (tertiary alicyclic amines) is 1. The van der Waals surface area contributed by atoms with E-state index in [1.807, 2.05) is 0 Å². The normalized spacial score (nSPS) is 27.5. The van der Waals surface area contributed by atoms with E-state index in [2.05, 4.69) is 5.32 Å². The summed E-state index contributed by atoms with van der Waals surface area (Å²) in [6.45, 7) is 3.14. The number of carbonyl (C=O) groups excluding carboxylic acids is 2. The van der Waals surface area contributed by atoms with E-state index in [1.165, 1.54) is 0 Å². The van der Waals surface area contributed by atoms with Gasteiger partial charge in [0.1, 0.15) is 6.61 Å². The van der Waals surface area contributed by atoms with Crippen molar-refractivity contribution in [2.75, 3.05) is 19.7 Å². The highest BCUT2D eigenvalue weighted by molar-refractivity contribution is 5.81. The number of ether oxygens (including phenoxy) is 2. The average molecular weight is 444 g/mol. The summed E-state index contributed by atoms with van der Waals surface area (Å²) < 4.78 is 62.6. The fourth-order valence-electron chi connectivity index (χ4n) is 4.69. The number of nitrogens with one attached hydrogen (secondary N) is 1. The number of amides is 2. The van der Waals surface area contributed by atoms with Gasteiger partial charge in [-0.05, 0) is 56.7 Å². The van der Waals surface area contributed by atoms with Crippen molar-refractivity contribution in [2.45, 2.75) is 50.4 Å². The Morgan fingerprint density at radius 3 is 2.52 bits per heavy atom. The van der Waals surface area contributed by atoms with Gasteiger partial charge in [0.05, 0.1) is 17.2 Å². The lowest BCUT2D eigenvalue weighted by atomic mass is 9.68. The lowest BCUT2D eigenvalue weighted by Gasteiger charge is -2.45. The van der Waals surface area contributed by atoms with Crippen LogP contribution < -0.4 is 10.1 Å². The lowest BCUT2D eigenvalue weighted by molar-refractivity contribution is -0.143. The number of rotatable bonds is 4. The molecule has 1 aliphatic carbocycles. The van der Waals surface area contributed by atoms with E-state index < -0.39 is 35.3 Å². The molecule has 2 saturated heterocycles. The van der Waals surface area contributed by atoms with Crippen LogP contribution in [-0.2, 0) is 15.7 Å². The summed E-state index contributed by atoms with van der Waals surface area (Å²) in [7, 11) is 0. The van der Waals surface area contributed by atoms with Crippen molar-refractivity contribution in [2.24, 2.45) is 11.8 Å². The molecule has 170 valence electrons. The number of alkyl carbamates (subject to hydrolysis) is 1. The molecule has 1 saturated carbocycles. The largest absolute Gasteiger partial charge is 0.487 e. The van der Waals surface area contributed by atoms with E-state index in [-0.39, 0.29) is 23.5 Å². The van der Waals surface area contributed by atoms with Crippen LogP contribution in [0.3, 0.4) is 0 Å². The maximum absolute atomic E-state index is 14.0. The maximum Gasteiger partial charge on any atom is 0.416 e. The molecular weight excluding hydrogens is 420 g/mol. The third-order valence-electron chi connectivity index (χ3n) is 6.56. The van der Waals surface area contributed by atoms with Crippen molar-refractivity contribution in [3.05, 3.63) is 29.6 Å². The van der Waals surface area contributed by atoms with Gasteiger partial charge in [-0.1, -0.05) is 0 Å². The van der Waals surface area contributed by atoms with Crippen molar-refractivity contribution in [3.8, 4) is 5.75 Å². The van der Waals surface area contributed by atoms with Crippen molar-refractivity contribution < 1.29 is 36.6 Å². The Balaban J connectivity index is 1.26. The number of hydrogen-bond acceptors (Lipinski definition) is 4. The molecule has 3 fully saturated rings. The fourth-order valence-corrected chi connectivity index (χ4v) is 4.69. The molecule has 0 bridgehead atoms. The van der Waals surface area contributed by atoms with Crippen molar-refractivity contribution in [3.63, 3.8) is 0 Å². The van der Waals surface area contributed by atoms with E-state index in [4.69, 9.17) is 9.47 Å². The van der Waals surface area contributed by atoms with Gasteiger partial charge in [-0.15, -0.1) is 0 Å². The quantitative estimate of drug-likeness (QED) is 0.719. The highest BCUT2D eigenvalue weighted by Gasteiger charge is 2.53. The van der Waals surface area contributed by atoms with E-state index in [1.54, 1.807) is 11.8 Å². The molecule has 0 aromatic heterocycles. The summed E-state index contributed by atoms with van der Waals surface area (Å²) in [5, 5.41) is 2.77. The molecule has 1 spiro atoms. The van der Waals surface area contributed by atoms with Crippen LogP contribution in [0.4, 0.5) is 22.4 Å². The predicted molar refractivity (Wildman–Crippen MR) is 101 cm³/mol. The van der Waals surface area contributed by atoms with Crippen LogP contribution in [0.5, 0.6) is 5.75 Å². The van der Waals surface area contributed by atoms with Gasteiger partial charge in [-0.3, -0.25) is 4.79 Å². The molecule has 6 nitrogen and oxygen atoms in total. The zero-order chi connectivity index (χ0) is 22.4. The maximum atomic E-state index is 14.0. The van der Waals surface area contributed by atoms with Crippen LogP contribution in [0, 0.1) is 17.7 Å². The number of halogens is 4. The summed E-state index contributed by atoms with van der Waals surface area (Å²) in [6.07, 6.45) is -2.99. The minimum atomic E-state index is -4.61. The van der Waals surface area contributed by atoms with Crippen LogP contribution in [0.15, 0.2) is 18.2 Å². The number of piperidine rings is 1. The number of nitrogens with zero attached hydrogens (tertiary/aromatic N) is 1. The molecule has 2 amide bonds. The molecular formula is C21H24F4N2O4. The third-order valence-corrected chi connectivity index (χ3v) is 6.56. The second-order valence-electron chi connectivity index (χ2n) is 8.72. The first kappa shape index (κ1) is 21.7. The fraction of sp³-hybridized carbons (Fsp3) is 0.619. The van der Waals surface area contributed by atoms with Gasteiger partial charge in [0.25, 0.3) is 0 Å². The summed E-state index contributed by atoms with van der Waals surface area (Å²) in [5.74, 6) is -1.27. The Bertz CT molecular complexity index is 861. The number of hydrogen-bond donors (Lipinski definition) is 1. The molecule has 2 aliphatic heterocycles. The van der Waals surface area contributed by atoms with Crippen molar-refractivity contribution in [1.29, 1.82) is 0 Å². The Morgan fingerprint density at radius 1 is 1.29 bits per heavy atom. The SMILES string of the molecule is CC(Oc1ccc(C(F)(F)F)cc1F)C1CCN(C(=O)C2CC3(COC(=O)N3)C2)CC1. The molecule has 31 heavy (non-hydrogen) atoms. The number of cyclic esters (lactones) is 1. The summed E-state index contributed by atoms with van der Waals surface area (Å²) in [6, 6.07) is 2.24. The standard InChI is InChI=1S/C21H24F4N2O4/c1-12(31-17-3-2-15(8-16(17)22)21(23,24)25)13-4-6-27(7-5-13)18(28)14-9-20(10-14)11-30-19(29)26-20/h2-3,8,12-14H,4-7,9-11H2,1H3,(H,26,29). The van der Waals surface area contributed by atoms with Crippen LogP contribution in [0.2, 0.25) is 0 Å². The van der Waals surface area contributed by atoms with E-state index in [0.29, 0.717) is 51.4 Å². The summed E-state index contributed by atoms with van der Waals surface area (Å²) in [4.78, 5) is 25.8. The molecule has 10 heteroatoms.